The Hall–Kier alpha value is -1.20. The molecule has 100 valence electrons. The van der Waals surface area contributed by atoms with Gasteiger partial charge in [0.15, 0.2) is 0 Å². The molecule has 1 aromatic heterocycles. The van der Waals surface area contributed by atoms with Gasteiger partial charge in [-0.2, -0.15) is 0 Å². The van der Waals surface area contributed by atoms with Gasteiger partial charge < -0.3 is 10.4 Å². The van der Waals surface area contributed by atoms with E-state index >= 15 is 0 Å². The number of hydrogen-bond donors (Lipinski definition) is 2. The predicted octanol–water partition coefficient (Wildman–Crippen LogP) is 2.01. The molecule has 18 heavy (non-hydrogen) atoms. The maximum Gasteiger partial charge on any atom is 0.254 e. The monoisotopic (exact) mass is 274 g/mol. The van der Waals surface area contributed by atoms with Crippen LogP contribution in [0.15, 0.2) is 12.3 Å². The van der Waals surface area contributed by atoms with Crippen LogP contribution in [0.4, 0.5) is 4.39 Å². The van der Waals surface area contributed by atoms with E-state index in [0.717, 1.165) is 12.3 Å². The fourth-order valence-corrected chi connectivity index (χ4v) is 1.70. The van der Waals surface area contributed by atoms with E-state index in [1.165, 1.54) is 0 Å². The molecule has 0 aliphatic carbocycles. The molecule has 1 unspecified atom stereocenters. The highest BCUT2D eigenvalue weighted by Crippen LogP contribution is 2.13. The second-order valence-electron chi connectivity index (χ2n) is 4.49. The molecule has 0 saturated carbocycles. The fraction of sp³-hybridized carbons (Fsp3) is 0.500. The zero-order valence-electron chi connectivity index (χ0n) is 10.3. The van der Waals surface area contributed by atoms with Gasteiger partial charge in [0.25, 0.3) is 5.91 Å². The first-order valence-corrected chi connectivity index (χ1v) is 6.05. The van der Waals surface area contributed by atoms with Gasteiger partial charge in [-0.3, -0.25) is 4.79 Å². The summed E-state index contributed by atoms with van der Waals surface area (Å²) in [6.07, 6.45) is 0.886. The minimum Gasteiger partial charge on any atom is -0.391 e. The molecule has 4 nitrogen and oxygen atoms in total. The van der Waals surface area contributed by atoms with E-state index in [9.17, 15) is 14.3 Å². The number of halogens is 2. The average molecular weight is 275 g/mol. The third-order valence-corrected chi connectivity index (χ3v) is 2.59. The van der Waals surface area contributed by atoms with Crippen LogP contribution in [-0.4, -0.2) is 28.6 Å². The third-order valence-electron chi connectivity index (χ3n) is 2.29. The highest BCUT2D eigenvalue weighted by molar-refractivity contribution is 6.32. The van der Waals surface area contributed by atoms with Gasteiger partial charge in [0, 0.05) is 6.54 Å². The van der Waals surface area contributed by atoms with Gasteiger partial charge in [-0.15, -0.1) is 0 Å². The number of amides is 1. The molecule has 0 spiro atoms. The van der Waals surface area contributed by atoms with E-state index in [0.29, 0.717) is 12.3 Å². The quantitative estimate of drug-likeness (QED) is 0.808. The van der Waals surface area contributed by atoms with Crippen molar-refractivity contribution < 1.29 is 14.3 Å². The Morgan fingerprint density at radius 1 is 1.61 bits per heavy atom. The van der Waals surface area contributed by atoms with Gasteiger partial charge in [0.1, 0.15) is 11.0 Å². The van der Waals surface area contributed by atoms with Crippen LogP contribution in [-0.2, 0) is 0 Å². The van der Waals surface area contributed by atoms with Crippen molar-refractivity contribution in [2.45, 2.75) is 26.4 Å². The first-order valence-electron chi connectivity index (χ1n) is 5.67. The van der Waals surface area contributed by atoms with Crippen molar-refractivity contribution in [1.29, 1.82) is 0 Å². The van der Waals surface area contributed by atoms with E-state index in [-0.39, 0.29) is 17.3 Å². The molecule has 0 aromatic carbocycles. The number of rotatable bonds is 5. The predicted molar refractivity (Wildman–Crippen MR) is 67.0 cm³/mol. The zero-order chi connectivity index (χ0) is 13.7. The second kappa shape index (κ2) is 6.66. The average Bonchev–Trinajstić information content (AvgIpc) is 2.28. The number of carbonyl (C=O) groups excluding carboxylic acids is 1. The Morgan fingerprint density at radius 2 is 2.28 bits per heavy atom. The molecule has 0 aliphatic rings. The Balaban J connectivity index is 2.58. The number of pyridine rings is 1. The lowest BCUT2D eigenvalue weighted by atomic mass is 10.1. The molecule has 0 radical (unpaired) electrons. The van der Waals surface area contributed by atoms with Gasteiger partial charge in [-0.25, -0.2) is 9.37 Å². The van der Waals surface area contributed by atoms with E-state index in [4.69, 9.17) is 11.6 Å². The van der Waals surface area contributed by atoms with Crippen molar-refractivity contribution in [2.75, 3.05) is 6.54 Å². The van der Waals surface area contributed by atoms with Crippen LogP contribution in [0, 0.1) is 11.7 Å². The van der Waals surface area contributed by atoms with Gasteiger partial charge in [-0.1, -0.05) is 25.4 Å². The molecule has 6 heteroatoms. The highest BCUT2D eigenvalue weighted by Gasteiger charge is 2.14. The van der Waals surface area contributed by atoms with Crippen LogP contribution in [0.5, 0.6) is 0 Å². The van der Waals surface area contributed by atoms with Gasteiger partial charge in [-0.05, 0) is 18.4 Å². The highest BCUT2D eigenvalue weighted by atomic mass is 35.5. The number of hydrogen-bond acceptors (Lipinski definition) is 3. The summed E-state index contributed by atoms with van der Waals surface area (Å²) in [5, 5.41) is 12.0. The van der Waals surface area contributed by atoms with E-state index in [1.54, 1.807) is 0 Å². The molecule has 1 aromatic rings. The summed E-state index contributed by atoms with van der Waals surface area (Å²) in [5.74, 6) is -0.849. The van der Waals surface area contributed by atoms with Gasteiger partial charge in [0.05, 0.1) is 17.9 Å². The van der Waals surface area contributed by atoms with Crippen molar-refractivity contribution >= 4 is 17.5 Å². The summed E-state index contributed by atoms with van der Waals surface area (Å²) in [7, 11) is 0. The number of carbonyl (C=O) groups is 1. The largest absolute Gasteiger partial charge is 0.391 e. The molecule has 0 aliphatic heterocycles. The first kappa shape index (κ1) is 14.9. The van der Waals surface area contributed by atoms with Crippen LogP contribution in [0.25, 0.3) is 0 Å². The van der Waals surface area contributed by atoms with Crippen LogP contribution in [0.1, 0.15) is 30.6 Å². The summed E-state index contributed by atoms with van der Waals surface area (Å²) >= 11 is 5.69. The van der Waals surface area contributed by atoms with Crippen LogP contribution >= 0.6 is 11.6 Å². The molecule has 1 amide bonds. The summed E-state index contributed by atoms with van der Waals surface area (Å²) in [6, 6.07) is 1.01. The summed E-state index contributed by atoms with van der Waals surface area (Å²) in [5.41, 5.74) is -0.0339. The normalized spacial score (nSPS) is 12.6. The Morgan fingerprint density at radius 3 is 2.89 bits per heavy atom. The minimum atomic E-state index is -0.632. The number of nitrogens with zero attached hydrogens (tertiary/aromatic N) is 1. The summed E-state index contributed by atoms with van der Waals surface area (Å²) in [4.78, 5) is 15.2. The van der Waals surface area contributed by atoms with E-state index in [2.05, 4.69) is 10.3 Å². The number of aliphatic hydroxyl groups is 1. The second-order valence-corrected chi connectivity index (χ2v) is 4.84. The number of aliphatic hydroxyl groups excluding tert-OH is 1. The summed E-state index contributed by atoms with van der Waals surface area (Å²) < 4.78 is 12.9. The standard InChI is InChI=1S/C12H16ClFN2O2/c1-7(2)3-9(17)6-16-12(18)10-4-8(14)5-15-11(10)13/h4-5,7,9,17H,3,6H2,1-2H3,(H,16,18). The fourth-order valence-electron chi connectivity index (χ4n) is 1.52. The first-order chi connectivity index (χ1) is 8.40. The summed E-state index contributed by atoms with van der Waals surface area (Å²) in [6.45, 7) is 4.04. The zero-order valence-corrected chi connectivity index (χ0v) is 11.0. The topological polar surface area (TPSA) is 62.2 Å². The molecular formula is C12H16ClFN2O2. The molecular weight excluding hydrogens is 259 g/mol. The van der Waals surface area contributed by atoms with Crippen molar-refractivity contribution in [1.82, 2.24) is 10.3 Å². The molecule has 1 heterocycles. The van der Waals surface area contributed by atoms with Crippen molar-refractivity contribution in [3.8, 4) is 0 Å². The Labute approximate surface area is 110 Å². The maximum atomic E-state index is 12.9. The van der Waals surface area contributed by atoms with Gasteiger partial charge >= 0.3 is 0 Å². The molecule has 1 atom stereocenters. The number of aromatic nitrogens is 1. The lowest BCUT2D eigenvalue weighted by Gasteiger charge is -2.14. The van der Waals surface area contributed by atoms with Crippen LogP contribution < -0.4 is 5.32 Å². The third kappa shape index (κ3) is 4.58. The van der Waals surface area contributed by atoms with E-state index in [1.807, 2.05) is 13.8 Å². The SMILES string of the molecule is CC(C)CC(O)CNC(=O)c1cc(F)cnc1Cl. The molecule has 1 rings (SSSR count). The smallest absolute Gasteiger partial charge is 0.254 e. The Kier molecular flexibility index (Phi) is 5.50. The lowest BCUT2D eigenvalue weighted by molar-refractivity contribution is 0.0899. The van der Waals surface area contributed by atoms with Crippen LogP contribution in [0.2, 0.25) is 5.15 Å². The van der Waals surface area contributed by atoms with Gasteiger partial charge in [0.2, 0.25) is 0 Å². The molecule has 0 saturated heterocycles. The lowest BCUT2D eigenvalue weighted by Crippen LogP contribution is -2.33. The van der Waals surface area contributed by atoms with E-state index < -0.39 is 17.8 Å². The van der Waals surface area contributed by atoms with Crippen molar-refractivity contribution in [3.63, 3.8) is 0 Å². The minimum absolute atomic E-state index is 0.0339. The Bertz CT molecular complexity index is 427. The molecule has 2 N–H and O–H groups in total. The number of nitrogens with one attached hydrogen (secondary N) is 1. The van der Waals surface area contributed by atoms with Crippen molar-refractivity contribution in [3.05, 3.63) is 28.8 Å². The maximum absolute atomic E-state index is 12.9. The molecule has 0 fully saturated rings. The molecule has 0 bridgehead atoms. The van der Waals surface area contributed by atoms with Crippen LogP contribution in [0.3, 0.4) is 0 Å². The van der Waals surface area contributed by atoms with Crippen molar-refractivity contribution in [2.24, 2.45) is 5.92 Å².